The lowest BCUT2D eigenvalue weighted by molar-refractivity contribution is -0.119. The molecule has 3 rings (SSSR count). The Morgan fingerprint density at radius 3 is 3.00 bits per heavy atom. The van der Waals surface area contributed by atoms with Crippen LogP contribution in [-0.4, -0.2) is 30.3 Å². The molecule has 1 aromatic carbocycles. The Morgan fingerprint density at radius 2 is 2.14 bits per heavy atom. The second-order valence-corrected chi connectivity index (χ2v) is 6.93. The van der Waals surface area contributed by atoms with Crippen LogP contribution in [-0.2, 0) is 10.5 Å². The van der Waals surface area contributed by atoms with Crippen LogP contribution < -0.4 is 16.2 Å². The zero-order valence-electron chi connectivity index (χ0n) is 12.2. The highest BCUT2D eigenvalue weighted by Crippen LogP contribution is 2.26. The fourth-order valence-corrected chi connectivity index (χ4v) is 4.01. The van der Waals surface area contributed by atoms with Gasteiger partial charge >= 0.3 is 0 Å². The van der Waals surface area contributed by atoms with E-state index in [4.69, 9.17) is 0 Å². The van der Waals surface area contributed by atoms with Gasteiger partial charge in [-0.3, -0.25) is 15.6 Å². The van der Waals surface area contributed by atoms with Crippen molar-refractivity contribution in [3.63, 3.8) is 0 Å². The first-order valence-electron chi connectivity index (χ1n) is 7.70. The Labute approximate surface area is 130 Å². The van der Waals surface area contributed by atoms with Crippen LogP contribution in [0.4, 0.5) is 0 Å². The first-order valence-corrected chi connectivity index (χ1v) is 8.86. The van der Waals surface area contributed by atoms with E-state index in [1.165, 1.54) is 12.0 Å². The topological polar surface area (TPSA) is 53.2 Å². The maximum Gasteiger partial charge on any atom is 0.230 e. The summed E-state index contributed by atoms with van der Waals surface area (Å²) in [4.78, 5) is 12.0. The molecule has 114 valence electrons. The molecule has 0 spiro atoms. The van der Waals surface area contributed by atoms with Crippen LogP contribution in [0, 0.1) is 5.92 Å². The molecule has 1 saturated heterocycles. The van der Waals surface area contributed by atoms with E-state index in [2.05, 4.69) is 28.3 Å². The highest BCUT2D eigenvalue weighted by Gasteiger charge is 2.34. The molecule has 2 aliphatic rings. The molecule has 2 fully saturated rings. The molecule has 0 aromatic heterocycles. The van der Waals surface area contributed by atoms with Crippen LogP contribution >= 0.6 is 11.8 Å². The third kappa shape index (κ3) is 4.22. The summed E-state index contributed by atoms with van der Waals surface area (Å²) in [5.41, 5.74) is 7.82. The lowest BCUT2D eigenvalue weighted by Crippen LogP contribution is -2.45. The van der Waals surface area contributed by atoms with Gasteiger partial charge in [-0.05, 0) is 30.7 Å². The van der Waals surface area contributed by atoms with Crippen LogP contribution in [0.25, 0.3) is 0 Å². The van der Waals surface area contributed by atoms with Gasteiger partial charge in [0.2, 0.25) is 5.91 Å². The maximum absolute atomic E-state index is 12.0. The van der Waals surface area contributed by atoms with Gasteiger partial charge in [-0.1, -0.05) is 30.3 Å². The van der Waals surface area contributed by atoms with Crippen molar-refractivity contribution in [2.75, 3.05) is 12.3 Å². The number of hydrogen-bond acceptors (Lipinski definition) is 4. The van der Waals surface area contributed by atoms with Crippen molar-refractivity contribution < 1.29 is 4.79 Å². The summed E-state index contributed by atoms with van der Waals surface area (Å²) in [6, 6.07) is 11.2. The number of rotatable bonds is 5. The predicted octanol–water partition coefficient (Wildman–Crippen LogP) is 1.68. The van der Waals surface area contributed by atoms with E-state index in [0.29, 0.717) is 17.8 Å². The Kier molecular flexibility index (Phi) is 5.17. The summed E-state index contributed by atoms with van der Waals surface area (Å²) < 4.78 is 0. The maximum atomic E-state index is 12.0. The minimum Gasteiger partial charge on any atom is -0.353 e. The quantitative estimate of drug-likeness (QED) is 0.775. The zero-order valence-corrected chi connectivity index (χ0v) is 13.0. The van der Waals surface area contributed by atoms with Gasteiger partial charge in [-0.2, -0.15) is 0 Å². The Hall–Kier alpha value is -1.04. The first-order chi connectivity index (χ1) is 10.3. The van der Waals surface area contributed by atoms with E-state index >= 15 is 0 Å². The number of fused-ring (bicyclic) bond motifs is 1. The SMILES string of the molecule is O=C(CSCc1ccccc1)NC1CCC2CNNC2C1. The zero-order chi connectivity index (χ0) is 14.5. The number of carbonyl (C=O) groups excluding carboxylic acids is 1. The molecule has 1 aliphatic heterocycles. The van der Waals surface area contributed by atoms with E-state index in [9.17, 15) is 4.79 Å². The van der Waals surface area contributed by atoms with Crippen LogP contribution in [0.5, 0.6) is 0 Å². The molecule has 1 aromatic rings. The smallest absolute Gasteiger partial charge is 0.230 e. The van der Waals surface area contributed by atoms with Crippen molar-refractivity contribution in [3.05, 3.63) is 35.9 Å². The molecule has 1 saturated carbocycles. The van der Waals surface area contributed by atoms with E-state index < -0.39 is 0 Å². The fraction of sp³-hybridized carbons (Fsp3) is 0.562. The fourth-order valence-electron chi connectivity index (χ4n) is 3.21. The molecule has 3 N–H and O–H groups in total. The second-order valence-electron chi connectivity index (χ2n) is 5.95. The summed E-state index contributed by atoms with van der Waals surface area (Å²) in [7, 11) is 0. The summed E-state index contributed by atoms with van der Waals surface area (Å²) in [6.45, 7) is 1.07. The van der Waals surface area contributed by atoms with Crippen molar-refractivity contribution in [3.8, 4) is 0 Å². The summed E-state index contributed by atoms with van der Waals surface area (Å²) in [6.07, 6.45) is 3.36. The molecular weight excluding hydrogens is 282 g/mol. The van der Waals surface area contributed by atoms with Gasteiger partial charge in [0, 0.05) is 24.4 Å². The largest absolute Gasteiger partial charge is 0.353 e. The van der Waals surface area contributed by atoms with Gasteiger partial charge in [0.1, 0.15) is 0 Å². The molecule has 5 heteroatoms. The number of benzene rings is 1. The molecule has 21 heavy (non-hydrogen) atoms. The third-order valence-electron chi connectivity index (χ3n) is 4.35. The Balaban J connectivity index is 1.36. The van der Waals surface area contributed by atoms with E-state index in [0.717, 1.165) is 31.1 Å². The average molecular weight is 305 g/mol. The predicted molar refractivity (Wildman–Crippen MR) is 86.8 cm³/mol. The lowest BCUT2D eigenvalue weighted by atomic mass is 9.83. The summed E-state index contributed by atoms with van der Waals surface area (Å²) in [5.74, 6) is 2.36. The van der Waals surface area contributed by atoms with Crippen molar-refractivity contribution in [1.29, 1.82) is 0 Å². The van der Waals surface area contributed by atoms with Gasteiger partial charge < -0.3 is 5.32 Å². The van der Waals surface area contributed by atoms with E-state index in [1.54, 1.807) is 11.8 Å². The minimum absolute atomic E-state index is 0.172. The van der Waals surface area contributed by atoms with E-state index in [1.807, 2.05) is 18.2 Å². The third-order valence-corrected chi connectivity index (χ3v) is 5.36. The molecule has 0 bridgehead atoms. The monoisotopic (exact) mass is 305 g/mol. The average Bonchev–Trinajstić information content (AvgIpc) is 2.96. The number of amides is 1. The molecular formula is C16H23N3OS. The van der Waals surface area contributed by atoms with Gasteiger partial charge in [0.25, 0.3) is 0 Å². The number of nitrogens with one attached hydrogen (secondary N) is 3. The van der Waals surface area contributed by atoms with Gasteiger partial charge in [0.15, 0.2) is 0 Å². The highest BCUT2D eigenvalue weighted by atomic mass is 32.2. The molecule has 0 radical (unpaired) electrons. The first kappa shape index (κ1) is 14.9. The molecule has 1 heterocycles. The molecule has 4 nitrogen and oxygen atoms in total. The summed E-state index contributed by atoms with van der Waals surface area (Å²) >= 11 is 1.68. The lowest BCUT2D eigenvalue weighted by Gasteiger charge is -2.31. The molecule has 1 aliphatic carbocycles. The van der Waals surface area contributed by atoms with E-state index in [-0.39, 0.29) is 5.91 Å². The van der Waals surface area contributed by atoms with Gasteiger partial charge in [-0.15, -0.1) is 11.8 Å². The highest BCUT2D eigenvalue weighted by molar-refractivity contribution is 7.99. The number of hydrazine groups is 1. The van der Waals surface area contributed by atoms with Gasteiger partial charge in [0.05, 0.1) is 5.75 Å². The standard InChI is InChI=1S/C16H23N3OS/c20-16(11-21-10-12-4-2-1-3-5-12)18-14-7-6-13-9-17-19-15(13)8-14/h1-5,13-15,17,19H,6-11H2,(H,18,20). The minimum atomic E-state index is 0.172. The van der Waals surface area contributed by atoms with Crippen LogP contribution in [0.3, 0.4) is 0 Å². The number of carbonyl (C=O) groups is 1. The number of thioether (sulfide) groups is 1. The Bertz CT molecular complexity index is 468. The van der Waals surface area contributed by atoms with Crippen molar-refractivity contribution in [2.24, 2.45) is 5.92 Å². The second kappa shape index (κ2) is 7.29. The van der Waals surface area contributed by atoms with Gasteiger partial charge in [-0.25, -0.2) is 0 Å². The molecule has 3 atom stereocenters. The Morgan fingerprint density at radius 1 is 1.29 bits per heavy atom. The normalized spacial score (nSPS) is 28.1. The molecule has 1 amide bonds. The van der Waals surface area contributed by atoms with Crippen LogP contribution in [0.2, 0.25) is 0 Å². The van der Waals surface area contributed by atoms with Crippen LogP contribution in [0.1, 0.15) is 24.8 Å². The molecule has 3 unspecified atom stereocenters. The summed E-state index contributed by atoms with van der Waals surface area (Å²) in [5, 5.41) is 3.19. The van der Waals surface area contributed by atoms with Crippen molar-refractivity contribution in [2.45, 2.75) is 37.1 Å². The van der Waals surface area contributed by atoms with Crippen molar-refractivity contribution >= 4 is 17.7 Å². The number of hydrogen-bond donors (Lipinski definition) is 3. The van der Waals surface area contributed by atoms with Crippen molar-refractivity contribution in [1.82, 2.24) is 16.2 Å². The van der Waals surface area contributed by atoms with Crippen LogP contribution in [0.15, 0.2) is 30.3 Å².